The molecular weight excluding hydrogens is 378 g/mol. The number of amides is 1. The van der Waals surface area contributed by atoms with E-state index in [0.29, 0.717) is 17.1 Å². The van der Waals surface area contributed by atoms with Gasteiger partial charge < -0.3 is 10.6 Å². The average Bonchev–Trinajstić information content (AvgIpc) is 3.12. The minimum Gasteiger partial charge on any atom is -0.328 e. The van der Waals surface area contributed by atoms with Crippen molar-refractivity contribution in [2.45, 2.75) is 31.7 Å². The number of hydrogen-bond donors (Lipinski definition) is 2. The third-order valence-corrected chi connectivity index (χ3v) is 6.60. The number of nitriles is 1. The molecule has 1 heterocycles. The third kappa shape index (κ3) is 4.40. The summed E-state index contributed by atoms with van der Waals surface area (Å²) in [6, 6.07) is 22.8. The molecule has 0 unspecified atom stereocenters. The molecule has 1 amide bonds. The summed E-state index contributed by atoms with van der Waals surface area (Å²) in [7, 11) is 0. The molecule has 0 atom stereocenters. The standard InChI is InChI=1S/C24H23N3OS/c25-15-20-19-13-7-8-14-21(19)29-24(20)27-22(28)16-26-23(17-9-3-1-4-10-17)18-11-5-2-6-12-18/h1-6,9-12,23,26H,7-8,13-14,16H2,(H,27,28)/p+1. The number of nitrogens with one attached hydrogen (secondary N) is 1. The molecule has 0 saturated heterocycles. The minimum absolute atomic E-state index is 0.0510. The van der Waals surface area contributed by atoms with Gasteiger partial charge in [-0.1, -0.05) is 60.7 Å². The van der Waals surface area contributed by atoms with Gasteiger partial charge in [-0.25, -0.2) is 0 Å². The van der Waals surface area contributed by atoms with E-state index in [9.17, 15) is 10.1 Å². The first-order valence-corrected chi connectivity index (χ1v) is 10.9. The fourth-order valence-corrected chi connectivity index (χ4v) is 5.22. The quantitative estimate of drug-likeness (QED) is 0.659. The molecule has 29 heavy (non-hydrogen) atoms. The van der Waals surface area contributed by atoms with E-state index in [0.717, 1.165) is 42.4 Å². The Hall–Kier alpha value is -2.94. The number of benzene rings is 2. The highest BCUT2D eigenvalue weighted by Crippen LogP contribution is 2.37. The van der Waals surface area contributed by atoms with Crippen LogP contribution in [0.15, 0.2) is 60.7 Å². The predicted molar refractivity (Wildman–Crippen MR) is 116 cm³/mol. The van der Waals surface area contributed by atoms with E-state index in [-0.39, 0.29) is 11.9 Å². The van der Waals surface area contributed by atoms with E-state index in [4.69, 9.17) is 0 Å². The van der Waals surface area contributed by atoms with Crippen molar-refractivity contribution < 1.29 is 10.1 Å². The highest BCUT2D eigenvalue weighted by molar-refractivity contribution is 7.16. The lowest BCUT2D eigenvalue weighted by Gasteiger charge is -2.16. The number of carbonyl (C=O) groups is 1. The summed E-state index contributed by atoms with van der Waals surface area (Å²) in [4.78, 5) is 14.0. The van der Waals surface area contributed by atoms with Gasteiger partial charge in [-0.05, 0) is 31.2 Å². The van der Waals surface area contributed by atoms with Gasteiger partial charge in [-0.15, -0.1) is 11.3 Å². The van der Waals surface area contributed by atoms with Crippen LogP contribution in [0, 0.1) is 11.3 Å². The third-order valence-electron chi connectivity index (χ3n) is 5.39. The fraction of sp³-hybridized carbons (Fsp3) is 0.250. The topological polar surface area (TPSA) is 69.5 Å². The molecule has 5 heteroatoms. The van der Waals surface area contributed by atoms with Crippen LogP contribution in [0.4, 0.5) is 5.00 Å². The number of fused-ring (bicyclic) bond motifs is 1. The number of nitrogens with zero attached hydrogens (tertiary/aromatic N) is 1. The highest BCUT2D eigenvalue weighted by Gasteiger charge is 2.23. The van der Waals surface area contributed by atoms with Crippen LogP contribution in [0.2, 0.25) is 0 Å². The number of nitrogens with two attached hydrogens (primary N) is 1. The maximum atomic E-state index is 12.7. The second-order valence-corrected chi connectivity index (χ2v) is 8.42. The van der Waals surface area contributed by atoms with Crippen LogP contribution in [-0.2, 0) is 17.6 Å². The molecule has 0 saturated carbocycles. The minimum atomic E-state index is -0.0723. The van der Waals surface area contributed by atoms with E-state index in [2.05, 4.69) is 41.0 Å². The first kappa shape index (κ1) is 19.4. The lowest BCUT2D eigenvalue weighted by Crippen LogP contribution is -2.87. The van der Waals surface area contributed by atoms with Crippen molar-refractivity contribution in [3.8, 4) is 6.07 Å². The SMILES string of the molecule is N#Cc1c(NC(=O)C[NH2+]C(c2ccccc2)c2ccccc2)sc2c1CCCC2. The zero-order valence-corrected chi connectivity index (χ0v) is 17.0. The molecule has 4 rings (SSSR count). The first-order valence-electron chi connectivity index (χ1n) is 10.0. The number of carbonyl (C=O) groups excluding carboxylic acids is 1. The number of hydrogen-bond acceptors (Lipinski definition) is 3. The molecule has 0 radical (unpaired) electrons. The maximum Gasteiger partial charge on any atom is 0.280 e. The van der Waals surface area contributed by atoms with Crippen LogP contribution in [0.25, 0.3) is 0 Å². The molecule has 0 spiro atoms. The van der Waals surface area contributed by atoms with Crippen molar-refractivity contribution in [3.05, 3.63) is 87.8 Å². The van der Waals surface area contributed by atoms with Gasteiger partial charge in [0.05, 0.1) is 5.56 Å². The highest BCUT2D eigenvalue weighted by atomic mass is 32.1. The Labute approximate surface area is 175 Å². The lowest BCUT2D eigenvalue weighted by molar-refractivity contribution is -0.676. The smallest absolute Gasteiger partial charge is 0.280 e. The molecule has 1 aliphatic rings. The summed E-state index contributed by atoms with van der Waals surface area (Å²) < 4.78 is 0. The summed E-state index contributed by atoms with van der Waals surface area (Å²) in [5.74, 6) is -0.0723. The molecule has 4 nitrogen and oxygen atoms in total. The number of thiophene rings is 1. The molecule has 0 fully saturated rings. The van der Waals surface area contributed by atoms with Gasteiger partial charge in [0, 0.05) is 16.0 Å². The molecule has 3 aromatic rings. The molecule has 0 aliphatic heterocycles. The zero-order chi connectivity index (χ0) is 20.1. The van der Waals surface area contributed by atoms with Gasteiger partial charge in [-0.2, -0.15) is 5.26 Å². The Morgan fingerprint density at radius 1 is 1.03 bits per heavy atom. The number of rotatable bonds is 6. The van der Waals surface area contributed by atoms with Gasteiger partial charge in [0.1, 0.15) is 17.1 Å². The predicted octanol–water partition coefficient (Wildman–Crippen LogP) is 3.79. The summed E-state index contributed by atoms with van der Waals surface area (Å²) in [6.45, 7) is 0.294. The summed E-state index contributed by atoms with van der Waals surface area (Å²) in [6.07, 6.45) is 4.24. The largest absolute Gasteiger partial charge is 0.328 e. The normalized spacial score (nSPS) is 13.0. The van der Waals surface area contributed by atoms with Crippen molar-refractivity contribution in [1.82, 2.24) is 0 Å². The van der Waals surface area contributed by atoms with Gasteiger partial charge >= 0.3 is 0 Å². The fourth-order valence-electron chi connectivity index (χ4n) is 3.96. The van der Waals surface area contributed by atoms with Crippen molar-refractivity contribution in [2.75, 3.05) is 11.9 Å². The van der Waals surface area contributed by atoms with Gasteiger partial charge in [0.25, 0.3) is 5.91 Å². The Morgan fingerprint density at radius 2 is 1.66 bits per heavy atom. The molecule has 2 aromatic carbocycles. The van der Waals surface area contributed by atoms with Crippen molar-refractivity contribution >= 4 is 22.2 Å². The first-order chi connectivity index (χ1) is 14.3. The van der Waals surface area contributed by atoms with E-state index < -0.39 is 0 Å². The van der Waals surface area contributed by atoms with Crippen molar-refractivity contribution in [2.24, 2.45) is 0 Å². The molecule has 1 aliphatic carbocycles. The van der Waals surface area contributed by atoms with Gasteiger partial charge in [0.2, 0.25) is 0 Å². The van der Waals surface area contributed by atoms with Crippen LogP contribution in [0.5, 0.6) is 0 Å². The van der Waals surface area contributed by atoms with Crippen LogP contribution < -0.4 is 10.6 Å². The molecule has 0 bridgehead atoms. The Morgan fingerprint density at radius 3 is 2.28 bits per heavy atom. The second kappa shape index (κ2) is 9.04. The number of aryl methyl sites for hydroxylation is 1. The molecule has 1 aromatic heterocycles. The Kier molecular flexibility index (Phi) is 6.04. The Balaban J connectivity index is 1.48. The molecule has 146 valence electrons. The van der Waals surface area contributed by atoms with Crippen molar-refractivity contribution in [3.63, 3.8) is 0 Å². The van der Waals surface area contributed by atoms with Crippen molar-refractivity contribution in [1.29, 1.82) is 5.26 Å². The average molecular weight is 403 g/mol. The van der Waals surface area contributed by atoms with Gasteiger partial charge in [0.15, 0.2) is 6.54 Å². The number of quaternary nitrogens is 1. The van der Waals surface area contributed by atoms with E-state index in [1.807, 2.05) is 36.4 Å². The molecular formula is C24H24N3OS+. The monoisotopic (exact) mass is 402 g/mol. The van der Waals surface area contributed by atoms with Crippen LogP contribution in [-0.4, -0.2) is 12.5 Å². The summed E-state index contributed by atoms with van der Waals surface area (Å²) >= 11 is 1.57. The second-order valence-electron chi connectivity index (χ2n) is 7.31. The summed E-state index contributed by atoms with van der Waals surface area (Å²) in [5, 5.41) is 15.4. The van der Waals surface area contributed by atoms with Gasteiger partial charge in [-0.3, -0.25) is 4.79 Å². The van der Waals surface area contributed by atoms with E-state index in [1.165, 1.54) is 4.88 Å². The lowest BCUT2D eigenvalue weighted by atomic mass is 9.96. The summed E-state index contributed by atoms with van der Waals surface area (Å²) in [5.41, 5.74) is 4.14. The number of anilines is 1. The maximum absolute atomic E-state index is 12.7. The zero-order valence-electron chi connectivity index (χ0n) is 16.2. The molecule has 3 N–H and O–H groups in total. The van der Waals surface area contributed by atoms with E-state index >= 15 is 0 Å². The van der Waals surface area contributed by atoms with Crippen LogP contribution >= 0.6 is 11.3 Å². The Bertz CT molecular complexity index is 982. The van der Waals surface area contributed by atoms with Crippen LogP contribution in [0.1, 0.15) is 46.0 Å². The van der Waals surface area contributed by atoms with Crippen LogP contribution in [0.3, 0.4) is 0 Å². The van der Waals surface area contributed by atoms with E-state index in [1.54, 1.807) is 11.3 Å².